The summed E-state index contributed by atoms with van der Waals surface area (Å²) < 4.78 is 0. The zero-order valence-electron chi connectivity index (χ0n) is 10.6. The maximum atomic E-state index is 9.37. The number of aliphatic hydroxyl groups is 1. The van der Waals surface area contributed by atoms with E-state index in [0.29, 0.717) is 11.7 Å². The van der Waals surface area contributed by atoms with Gasteiger partial charge >= 0.3 is 0 Å². The first kappa shape index (κ1) is 13.5. The van der Waals surface area contributed by atoms with Gasteiger partial charge in [-0.1, -0.05) is 13.8 Å². The van der Waals surface area contributed by atoms with Gasteiger partial charge in [0.1, 0.15) is 10.6 Å². The second-order valence-corrected chi connectivity index (χ2v) is 6.17. The minimum Gasteiger partial charge on any atom is -0.394 e. The minimum absolute atomic E-state index is 0.0422. The number of hydrogen-bond donors (Lipinski definition) is 2. The van der Waals surface area contributed by atoms with Crippen LogP contribution in [-0.2, 0) is 0 Å². The van der Waals surface area contributed by atoms with Crippen molar-refractivity contribution in [2.24, 2.45) is 5.92 Å². The smallest absolute Gasteiger partial charge is 0.225 e. The second-order valence-electron chi connectivity index (χ2n) is 4.59. The molecule has 0 aromatic carbocycles. The first-order valence-electron chi connectivity index (χ1n) is 5.82. The molecule has 0 bridgehead atoms. The Labute approximate surface area is 115 Å². The minimum atomic E-state index is -0.0422. The van der Waals surface area contributed by atoms with Gasteiger partial charge in [0.05, 0.1) is 18.0 Å². The number of aromatic nitrogens is 2. The molecule has 0 aliphatic carbocycles. The third-order valence-electron chi connectivity index (χ3n) is 2.81. The van der Waals surface area contributed by atoms with E-state index in [4.69, 9.17) is 11.6 Å². The summed E-state index contributed by atoms with van der Waals surface area (Å²) in [7, 11) is 0. The third kappa shape index (κ3) is 2.74. The molecule has 2 aromatic heterocycles. The zero-order chi connectivity index (χ0) is 13.3. The lowest BCUT2D eigenvalue weighted by molar-refractivity contribution is 0.249. The van der Waals surface area contributed by atoms with Gasteiger partial charge in [-0.2, -0.15) is 0 Å². The van der Waals surface area contributed by atoms with Crippen molar-refractivity contribution in [1.29, 1.82) is 0 Å². The summed E-state index contributed by atoms with van der Waals surface area (Å²) in [5.74, 6) is 1.00. The fraction of sp³-hybridized carbons (Fsp3) is 0.500. The monoisotopic (exact) mass is 285 g/mol. The van der Waals surface area contributed by atoms with E-state index >= 15 is 0 Å². The van der Waals surface area contributed by atoms with E-state index in [1.54, 1.807) is 11.3 Å². The van der Waals surface area contributed by atoms with Crippen molar-refractivity contribution in [3.63, 3.8) is 0 Å². The highest BCUT2D eigenvalue weighted by atomic mass is 35.5. The van der Waals surface area contributed by atoms with Gasteiger partial charge in [-0.15, -0.1) is 11.3 Å². The molecular weight excluding hydrogens is 270 g/mol. The highest BCUT2D eigenvalue weighted by Crippen LogP contribution is 2.30. The van der Waals surface area contributed by atoms with Crippen LogP contribution in [0.4, 0.5) is 5.82 Å². The van der Waals surface area contributed by atoms with Crippen molar-refractivity contribution in [3.8, 4) is 0 Å². The number of thiophene rings is 1. The molecule has 98 valence electrons. The van der Waals surface area contributed by atoms with Crippen LogP contribution in [-0.4, -0.2) is 27.7 Å². The molecule has 2 aromatic rings. The van der Waals surface area contributed by atoms with Crippen molar-refractivity contribution in [2.75, 3.05) is 11.9 Å². The van der Waals surface area contributed by atoms with Crippen LogP contribution < -0.4 is 5.32 Å². The standard InChI is InChI=1S/C12H16ClN3OS/c1-6(2)9(5-17)14-10-8-4-7(3)18-11(8)16-12(13)15-10/h4,6,9,17H,5H2,1-3H3,(H,14,15,16). The van der Waals surface area contributed by atoms with Gasteiger partial charge in [-0.3, -0.25) is 0 Å². The number of anilines is 1. The Hall–Kier alpha value is -0.910. The number of aliphatic hydroxyl groups excluding tert-OH is 1. The number of nitrogens with one attached hydrogen (secondary N) is 1. The molecule has 0 spiro atoms. The van der Waals surface area contributed by atoms with Crippen LogP contribution >= 0.6 is 22.9 Å². The summed E-state index contributed by atoms with van der Waals surface area (Å²) in [6.45, 7) is 6.18. The normalized spacial score (nSPS) is 13.2. The molecule has 0 aliphatic heterocycles. The van der Waals surface area contributed by atoms with Crippen LogP contribution in [0.5, 0.6) is 0 Å². The lowest BCUT2D eigenvalue weighted by Gasteiger charge is -2.20. The van der Waals surface area contributed by atoms with Gasteiger partial charge in [-0.05, 0) is 30.5 Å². The number of halogens is 1. The molecule has 4 nitrogen and oxygen atoms in total. The van der Waals surface area contributed by atoms with Gasteiger partial charge in [0.15, 0.2) is 0 Å². The van der Waals surface area contributed by atoms with Crippen LogP contribution in [0.1, 0.15) is 18.7 Å². The summed E-state index contributed by atoms with van der Waals surface area (Å²) in [5, 5.41) is 13.8. The summed E-state index contributed by atoms with van der Waals surface area (Å²) in [6.07, 6.45) is 0. The van der Waals surface area contributed by atoms with Crippen LogP contribution in [0.25, 0.3) is 10.2 Å². The molecule has 2 heterocycles. The SMILES string of the molecule is Cc1cc2c(NC(CO)C(C)C)nc(Cl)nc2s1. The molecule has 2 N–H and O–H groups in total. The van der Waals surface area contributed by atoms with E-state index in [0.717, 1.165) is 15.1 Å². The van der Waals surface area contributed by atoms with Gasteiger partial charge in [-0.25, -0.2) is 9.97 Å². The van der Waals surface area contributed by atoms with E-state index in [1.165, 1.54) is 0 Å². The zero-order valence-corrected chi connectivity index (χ0v) is 12.1. The first-order valence-corrected chi connectivity index (χ1v) is 7.01. The maximum Gasteiger partial charge on any atom is 0.225 e. The van der Waals surface area contributed by atoms with Crippen molar-refractivity contribution < 1.29 is 5.11 Å². The number of hydrogen-bond acceptors (Lipinski definition) is 5. The lowest BCUT2D eigenvalue weighted by Crippen LogP contribution is -2.30. The van der Waals surface area contributed by atoms with E-state index < -0.39 is 0 Å². The van der Waals surface area contributed by atoms with Crippen LogP contribution in [0.15, 0.2) is 6.07 Å². The summed E-state index contributed by atoms with van der Waals surface area (Å²) in [6, 6.07) is 1.99. The van der Waals surface area contributed by atoms with Crippen molar-refractivity contribution in [1.82, 2.24) is 9.97 Å². The summed E-state index contributed by atoms with van der Waals surface area (Å²) in [4.78, 5) is 10.5. The molecule has 0 amide bonds. The third-order valence-corrected chi connectivity index (χ3v) is 3.93. The van der Waals surface area contributed by atoms with Gasteiger partial charge in [0.2, 0.25) is 5.28 Å². The second kappa shape index (κ2) is 5.38. The van der Waals surface area contributed by atoms with E-state index in [2.05, 4.69) is 15.3 Å². The first-order chi connectivity index (χ1) is 8.51. The predicted octanol–water partition coefficient (Wildman–Crippen LogP) is 3.08. The molecule has 1 unspecified atom stereocenters. The number of fused-ring (bicyclic) bond motifs is 1. The Balaban J connectivity index is 2.42. The molecule has 0 saturated carbocycles. The molecule has 0 fully saturated rings. The van der Waals surface area contributed by atoms with Crippen LogP contribution in [0.2, 0.25) is 5.28 Å². The molecular formula is C12H16ClN3OS. The van der Waals surface area contributed by atoms with Crippen molar-refractivity contribution in [3.05, 3.63) is 16.2 Å². The highest BCUT2D eigenvalue weighted by molar-refractivity contribution is 7.18. The van der Waals surface area contributed by atoms with Crippen molar-refractivity contribution >= 4 is 39.0 Å². The Kier molecular flexibility index (Phi) is 4.04. The molecule has 0 saturated heterocycles. The molecule has 6 heteroatoms. The van der Waals surface area contributed by atoms with Gasteiger partial charge in [0.25, 0.3) is 0 Å². The van der Waals surface area contributed by atoms with Crippen LogP contribution in [0, 0.1) is 12.8 Å². The quantitative estimate of drug-likeness (QED) is 0.848. The summed E-state index contributed by atoms with van der Waals surface area (Å²) in [5.41, 5.74) is 0. The van der Waals surface area contributed by atoms with Crippen LogP contribution in [0.3, 0.4) is 0 Å². The summed E-state index contributed by atoms with van der Waals surface area (Å²) >= 11 is 7.51. The van der Waals surface area contributed by atoms with E-state index in [-0.39, 0.29) is 17.9 Å². The Morgan fingerprint density at radius 1 is 1.44 bits per heavy atom. The van der Waals surface area contributed by atoms with E-state index in [9.17, 15) is 5.11 Å². The number of rotatable bonds is 4. The largest absolute Gasteiger partial charge is 0.394 e. The Bertz CT molecular complexity index is 555. The fourth-order valence-corrected chi connectivity index (χ4v) is 2.82. The highest BCUT2D eigenvalue weighted by Gasteiger charge is 2.16. The average molecular weight is 286 g/mol. The predicted molar refractivity (Wildman–Crippen MR) is 76.5 cm³/mol. The Morgan fingerprint density at radius 3 is 2.78 bits per heavy atom. The van der Waals surface area contributed by atoms with Gasteiger partial charge in [0, 0.05) is 4.88 Å². The lowest BCUT2D eigenvalue weighted by atomic mass is 10.1. The maximum absolute atomic E-state index is 9.37. The fourth-order valence-electron chi connectivity index (χ4n) is 1.72. The Morgan fingerprint density at radius 2 is 2.17 bits per heavy atom. The average Bonchev–Trinajstić information content (AvgIpc) is 2.65. The molecule has 18 heavy (non-hydrogen) atoms. The molecule has 2 rings (SSSR count). The van der Waals surface area contributed by atoms with Gasteiger partial charge < -0.3 is 10.4 Å². The molecule has 1 atom stereocenters. The number of nitrogens with zero attached hydrogens (tertiary/aromatic N) is 2. The van der Waals surface area contributed by atoms with E-state index in [1.807, 2.05) is 26.8 Å². The molecule has 0 aliphatic rings. The van der Waals surface area contributed by atoms with Crippen molar-refractivity contribution in [2.45, 2.75) is 26.8 Å². The topological polar surface area (TPSA) is 58.0 Å². The molecule has 0 radical (unpaired) electrons. The number of aryl methyl sites for hydroxylation is 1.